The Bertz CT molecular complexity index is 1810. The number of hydrogen-bond acceptors (Lipinski definition) is 9. The molecule has 0 amide bonds. The number of nitrogens with zero attached hydrogens (tertiary/aromatic N) is 4. The van der Waals surface area contributed by atoms with Crippen molar-refractivity contribution in [1.82, 2.24) is 25.9 Å². The number of ether oxygens (including phenoxy) is 4. The molecule has 0 aliphatic carbocycles. The number of fused-ring (bicyclic) bond motifs is 1. The molecule has 0 fully saturated rings. The molecule has 0 unspecified atom stereocenters. The zero-order chi connectivity index (χ0) is 30.3. The summed E-state index contributed by atoms with van der Waals surface area (Å²) in [4.78, 5) is 0. The van der Waals surface area contributed by atoms with E-state index >= 15 is 0 Å². The van der Waals surface area contributed by atoms with Crippen LogP contribution in [0.5, 0.6) is 23.0 Å². The molecule has 2 N–H and O–H groups in total. The normalized spacial score (nSPS) is 12.0. The van der Waals surface area contributed by atoms with E-state index < -0.39 is 0 Å². The third kappa shape index (κ3) is 6.75. The van der Waals surface area contributed by atoms with Gasteiger partial charge >= 0.3 is 0 Å². The summed E-state index contributed by atoms with van der Waals surface area (Å²) in [6.07, 6.45) is 0. The van der Waals surface area contributed by atoms with Gasteiger partial charge in [0.15, 0.2) is 17.3 Å². The molecule has 5 aromatic rings. The number of hydrogen-bond donors (Lipinski definition) is 2. The van der Waals surface area contributed by atoms with Gasteiger partial charge in [0.05, 0.1) is 23.2 Å². The van der Waals surface area contributed by atoms with Gasteiger partial charge in [-0.15, -0.1) is 10.2 Å². The lowest BCUT2D eigenvalue weighted by Gasteiger charge is -2.20. The highest BCUT2D eigenvalue weighted by molar-refractivity contribution is 6.32. The Balaban J connectivity index is 1.21. The molecule has 222 valence electrons. The second-order valence-electron chi connectivity index (χ2n) is 10.2. The average molecular weight is 609 g/mol. The molecule has 1 aromatic heterocycles. The summed E-state index contributed by atoms with van der Waals surface area (Å²) in [6, 6.07) is 25.3. The molecule has 11 heteroatoms. The van der Waals surface area contributed by atoms with Crippen molar-refractivity contribution >= 4 is 11.6 Å². The van der Waals surface area contributed by atoms with Crippen LogP contribution in [0.25, 0.3) is 11.1 Å². The first-order chi connectivity index (χ1) is 21.6. The highest BCUT2D eigenvalue weighted by atomic mass is 35.5. The van der Waals surface area contributed by atoms with Gasteiger partial charge in [0.1, 0.15) is 37.9 Å². The third-order valence-electron chi connectivity index (χ3n) is 7.24. The smallest absolute Gasteiger partial charge is 0.188 e. The summed E-state index contributed by atoms with van der Waals surface area (Å²) >= 11 is 6.73. The van der Waals surface area contributed by atoms with Gasteiger partial charge < -0.3 is 24.3 Å². The molecule has 44 heavy (non-hydrogen) atoms. The van der Waals surface area contributed by atoms with Crippen LogP contribution in [0.3, 0.4) is 0 Å². The van der Waals surface area contributed by atoms with Gasteiger partial charge in [-0.3, -0.25) is 0 Å². The van der Waals surface area contributed by atoms with Gasteiger partial charge in [-0.05, 0) is 65.1 Å². The van der Waals surface area contributed by atoms with Crippen molar-refractivity contribution < 1.29 is 18.9 Å². The lowest BCUT2D eigenvalue weighted by atomic mass is 9.96. The molecule has 10 nitrogen and oxygen atoms in total. The van der Waals surface area contributed by atoms with Crippen LogP contribution in [0.4, 0.5) is 0 Å². The van der Waals surface area contributed by atoms with Gasteiger partial charge in [-0.25, -0.2) is 0 Å². The maximum atomic E-state index is 9.28. The molecule has 0 atom stereocenters. The fraction of sp³-hybridized carbons (Fsp3) is 0.212. The van der Waals surface area contributed by atoms with Crippen LogP contribution in [0.15, 0.2) is 72.8 Å². The molecule has 6 rings (SSSR count). The summed E-state index contributed by atoms with van der Waals surface area (Å²) in [5, 5.41) is 27.0. The van der Waals surface area contributed by atoms with Crippen LogP contribution in [0.2, 0.25) is 5.02 Å². The monoisotopic (exact) mass is 608 g/mol. The maximum Gasteiger partial charge on any atom is 0.188 e. The fourth-order valence-electron chi connectivity index (χ4n) is 4.94. The molecule has 1 aliphatic rings. The molecule has 0 saturated heterocycles. The van der Waals surface area contributed by atoms with Crippen molar-refractivity contribution in [2.45, 2.75) is 33.2 Å². The largest absolute Gasteiger partial charge is 0.488 e. The van der Waals surface area contributed by atoms with E-state index in [0.717, 1.165) is 44.9 Å². The van der Waals surface area contributed by atoms with E-state index in [2.05, 4.69) is 45.0 Å². The Morgan fingerprint density at radius 1 is 0.909 bits per heavy atom. The number of benzene rings is 4. The minimum atomic E-state index is 0.269. The number of H-pyrrole nitrogens is 1. The predicted octanol–water partition coefficient (Wildman–Crippen LogP) is 5.92. The summed E-state index contributed by atoms with van der Waals surface area (Å²) in [5.74, 6) is 3.16. The topological polar surface area (TPSA) is 127 Å². The number of aromatic nitrogens is 4. The van der Waals surface area contributed by atoms with Crippen molar-refractivity contribution in [3.05, 3.63) is 111 Å². The SMILES string of the molecule is Cc1c(COc2cc(OCc3cccc(C#N)c3)c(CNCc3nn[nH]n3)cc2Cl)cccc1-c1ccc2c(c1)OCCO2. The molecule has 2 heterocycles. The minimum Gasteiger partial charge on any atom is -0.488 e. The lowest BCUT2D eigenvalue weighted by Crippen LogP contribution is -2.15. The number of aromatic amines is 1. The molecule has 0 bridgehead atoms. The number of tetrazole rings is 1. The third-order valence-corrected chi connectivity index (χ3v) is 7.53. The van der Waals surface area contributed by atoms with Gasteiger partial charge in [0, 0.05) is 18.2 Å². The Labute approximate surface area is 259 Å². The number of nitrogens with one attached hydrogen (secondary N) is 2. The highest BCUT2D eigenvalue weighted by Crippen LogP contribution is 2.37. The van der Waals surface area contributed by atoms with E-state index in [9.17, 15) is 5.26 Å². The van der Waals surface area contributed by atoms with Gasteiger partial charge in [0.25, 0.3) is 0 Å². The second-order valence-corrected chi connectivity index (χ2v) is 10.6. The molecule has 0 radical (unpaired) electrons. The Morgan fingerprint density at radius 2 is 1.75 bits per heavy atom. The molecular weight excluding hydrogens is 580 g/mol. The van der Waals surface area contributed by atoms with Crippen LogP contribution in [0, 0.1) is 18.3 Å². The zero-order valence-electron chi connectivity index (χ0n) is 24.0. The van der Waals surface area contributed by atoms with Crippen LogP contribution in [-0.4, -0.2) is 33.8 Å². The standard InChI is InChI=1S/C33H29ClN6O4/c1-21-25(6-3-7-27(21)24-8-9-29-32(14-24)42-11-10-41-29)20-44-31-15-30(43-19-23-5-2-4-22(12-23)16-35)26(13-28(31)34)17-36-18-33-37-39-40-38-33/h2-9,12-15,36H,10-11,17-20H2,1H3,(H,37,38,39,40). The summed E-state index contributed by atoms with van der Waals surface area (Å²) in [6.45, 7) is 4.60. The maximum absolute atomic E-state index is 9.28. The molecule has 1 aliphatic heterocycles. The van der Waals surface area contributed by atoms with E-state index in [1.807, 2.05) is 54.6 Å². The Kier molecular flexibility index (Phi) is 8.87. The van der Waals surface area contributed by atoms with Gasteiger partial charge in [-0.2, -0.15) is 10.5 Å². The van der Waals surface area contributed by atoms with Crippen molar-refractivity contribution in [2.24, 2.45) is 0 Å². The fourth-order valence-corrected chi connectivity index (χ4v) is 5.18. The first-order valence-corrected chi connectivity index (χ1v) is 14.4. The van der Waals surface area contributed by atoms with E-state index in [4.69, 9.17) is 30.5 Å². The Morgan fingerprint density at radius 3 is 2.59 bits per heavy atom. The van der Waals surface area contributed by atoms with E-state index in [1.165, 1.54) is 0 Å². The number of halogens is 1. The summed E-state index contributed by atoms with van der Waals surface area (Å²) in [5.41, 5.74) is 6.52. The quantitative estimate of drug-likeness (QED) is 0.188. The second kappa shape index (κ2) is 13.5. The van der Waals surface area contributed by atoms with E-state index in [-0.39, 0.29) is 6.61 Å². The van der Waals surface area contributed by atoms with Crippen LogP contribution < -0.4 is 24.3 Å². The molecule has 0 saturated carbocycles. The van der Waals surface area contributed by atoms with E-state index in [1.54, 1.807) is 12.1 Å². The van der Waals surface area contributed by atoms with Crippen molar-refractivity contribution in [2.75, 3.05) is 13.2 Å². The number of nitriles is 1. The minimum absolute atomic E-state index is 0.269. The molecule has 0 spiro atoms. The van der Waals surface area contributed by atoms with E-state index in [0.29, 0.717) is 60.8 Å². The lowest BCUT2D eigenvalue weighted by molar-refractivity contribution is 0.171. The summed E-state index contributed by atoms with van der Waals surface area (Å²) < 4.78 is 24.0. The molecule has 4 aromatic carbocycles. The van der Waals surface area contributed by atoms with Gasteiger partial charge in [0.2, 0.25) is 0 Å². The Hall–Kier alpha value is -5.11. The van der Waals surface area contributed by atoms with Gasteiger partial charge in [-0.1, -0.05) is 53.2 Å². The number of rotatable bonds is 11. The highest BCUT2D eigenvalue weighted by Gasteiger charge is 2.16. The van der Waals surface area contributed by atoms with Crippen molar-refractivity contribution in [1.29, 1.82) is 5.26 Å². The average Bonchev–Trinajstić information content (AvgIpc) is 3.58. The van der Waals surface area contributed by atoms with Crippen LogP contribution in [-0.2, 0) is 26.3 Å². The predicted molar refractivity (Wildman–Crippen MR) is 164 cm³/mol. The van der Waals surface area contributed by atoms with Crippen molar-refractivity contribution in [3.63, 3.8) is 0 Å². The zero-order valence-corrected chi connectivity index (χ0v) is 24.7. The summed E-state index contributed by atoms with van der Waals surface area (Å²) in [7, 11) is 0. The van der Waals surface area contributed by atoms with Crippen molar-refractivity contribution in [3.8, 4) is 40.2 Å². The first-order valence-electron chi connectivity index (χ1n) is 14.1. The van der Waals surface area contributed by atoms with Crippen LogP contribution >= 0.6 is 11.6 Å². The first kappa shape index (κ1) is 29.0. The molecular formula is C33H29ClN6O4. The van der Waals surface area contributed by atoms with Crippen LogP contribution in [0.1, 0.15) is 33.6 Å².